The SMILES string of the molecule is CC(=O)c1c(CO[Si](C)(C)C(C)(C)C)nc2sccn12. The van der Waals surface area contributed by atoms with Gasteiger partial charge in [0.2, 0.25) is 0 Å². The highest BCUT2D eigenvalue weighted by Crippen LogP contribution is 2.37. The molecule has 0 aromatic carbocycles. The first-order valence-corrected chi connectivity index (χ1v) is 10.5. The van der Waals surface area contributed by atoms with Crippen LogP contribution in [0.3, 0.4) is 0 Å². The topological polar surface area (TPSA) is 43.6 Å². The predicted molar refractivity (Wildman–Crippen MR) is 85.1 cm³/mol. The molecular weight excluding hydrogens is 288 g/mol. The van der Waals surface area contributed by atoms with Crippen LogP contribution in [0.1, 0.15) is 43.9 Å². The number of carbonyl (C=O) groups is 1. The predicted octanol–water partition coefficient (Wildman–Crippen LogP) is 4.12. The maximum Gasteiger partial charge on any atom is 0.194 e. The third-order valence-electron chi connectivity index (χ3n) is 4.04. The van der Waals surface area contributed by atoms with Crippen LogP contribution in [-0.4, -0.2) is 23.5 Å². The summed E-state index contributed by atoms with van der Waals surface area (Å²) in [6, 6.07) is 0. The second-order valence-corrected chi connectivity index (χ2v) is 12.3. The zero-order valence-electron chi connectivity index (χ0n) is 13.0. The summed E-state index contributed by atoms with van der Waals surface area (Å²) in [6.07, 6.45) is 1.89. The second kappa shape index (κ2) is 5.09. The highest BCUT2D eigenvalue weighted by molar-refractivity contribution is 7.15. The molecule has 6 heteroatoms. The third kappa shape index (κ3) is 2.73. The Bertz CT molecular complexity index is 637. The third-order valence-corrected chi connectivity index (χ3v) is 9.28. The fourth-order valence-electron chi connectivity index (χ4n) is 1.77. The first-order chi connectivity index (χ1) is 9.13. The van der Waals surface area contributed by atoms with Crippen LogP contribution in [0, 0.1) is 0 Å². The lowest BCUT2D eigenvalue weighted by Gasteiger charge is -2.35. The van der Waals surface area contributed by atoms with Crippen molar-refractivity contribution in [2.24, 2.45) is 0 Å². The number of Topliss-reactive ketones (excluding diaryl/α,β-unsaturated/α-hetero) is 1. The van der Waals surface area contributed by atoms with Gasteiger partial charge in [-0.1, -0.05) is 20.8 Å². The monoisotopic (exact) mass is 310 g/mol. The molecule has 110 valence electrons. The number of hydrogen-bond acceptors (Lipinski definition) is 4. The number of hydrogen-bond donors (Lipinski definition) is 0. The van der Waals surface area contributed by atoms with Crippen molar-refractivity contribution in [3.63, 3.8) is 0 Å². The van der Waals surface area contributed by atoms with Crippen LogP contribution in [0.25, 0.3) is 4.96 Å². The Kier molecular flexibility index (Phi) is 3.92. The lowest BCUT2D eigenvalue weighted by atomic mass is 10.2. The number of thiazole rings is 1. The number of nitrogens with zero attached hydrogens (tertiary/aromatic N) is 2. The standard InChI is InChI=1S/C14H22N2O2SSi/c1-10(17)12-11(15-13-16(12)7-8-19-13)9-18-20(5,6)14(2,3)4/h7-8H,9H2,1-6H3. The Morgan fingerprint density at radius 3 is 2.65 bits per heavy atom. The number of carbonyl (C=O) groups excluding carboxylic acids is 1. The summed E-state index contributed by atoms with van der Waals surface area (Å²) in [5.74, 6) is 0.0322. The number of imidazole rings is 1. The van der Waals surface area contributed by atoms with Crippen molar-refractivity contribution in [3.8, 4) is 0 Å². The molecule has 0 aliphatic rings. The van der Waals surface area contributed by atoms with Crippen LogP contribution in [0.2, 0.25) is 18.1 Å². The van der Waals surface area contributed by atoms with Gasteiger partial charge in [-0.3, -0.25) is 9.20 Å². The molecule has 0 atom stereocenters. The molecule has 2 heterocycles. The summed E-state index contributed by atoms with van der Waals surface area (Å²) >= 11 is 1.53. The highest BCUT2D eigenvalue weighted by Gasteiger charge is 2.37. The number of ketones is 1. The zero-order chi connectivity index (χ0) is 15.1. The molecule has 0 saturated carbocycles. The molecule has 0 amide bonds. The van der Waals surface area contributed by atoms with Crippen molar-refractivity contribution in [1.29, 1.82) is 0 Å². The first-order valence-electron chi connectivity index (χ1n) is 6.73. The molecule has 20 heavy (non-hydrogen) atoms. The van der Waals surface area contributed by atoms with Crippen molar-refractivity contribution < 1.29 is 9.22 Å². The molecule has 0 aliphatic carbocycles. The van der Waals surface area contributed by atoms with Crippen LogP contribution in [0.4, 0.5) is 0 Å². The number of rotatable bonds is 4. The van der Waals surface area contributed by atoms with E-state index in [0.717, 1.165) is 10.7 Å². The van der Waals surface area contributed by atoms with E-state index in [4.69, 9.17) is 4.43 Å². The minimum atomic E-state index is -1.83. The average Bonchev–Trinajstić information content (AvgIpc) is 2.82. The molecule has 4 nitrogen and oxygen atoms in total. The Hall–Kier alpha value is -0.983. The van der Waals surface area contributed by atoms with E-state index in [2.05, 4.69) is 38.8 Å². The Labute approximate surface area is 124 Å². The van der Waals surface area contributed by atoms with Crippen LogP contribution in [-0.2, 0) is 11.0 Å². The molecule has 0 saturated heterocycles. The molecule has 2 aromatic rings. The van der Waals surface area contributed by atoms with Gasteiger partial charge >= 0.3 is 0 Å². The summed E-state index contributed by atoms with van der Waals surface area (Å²) < 4.78 is 8.04. The normalized spacial score (nSPS) is 13.1. The summed E-state index contributed by atoms with van der Waals surface area (Å²) in [5.41, 5.74) is 1.41. The van der Waals surface area contributed by atoms with Gasteiger partial charge in [-0.15, -0.1) is 11.3 Å². The van der Waals surface area contributed by atoms with Gasteiger partial charge in [-0.2, -0.15) is 0 Å². The van der Waals surface area contributed by atoms with Gasteiger partial charge in [-0.25, -0.2) is 4.98 Å². The van der Waals surface area contributed by atoms with Crippen LogP contribution in [0.15, 0.2) is 11.6 Å². The van der Waals surface area contributed by atoms with E-state index in [-0.39, 0.29) is 10.8 Å². The van der Waals surface area contributed by atoms with Crippen molar-refractivity contribution >= 4 is 30.4 Å². The second-order valence-electron chi connectivity index (χ2n) is 6.57. The molecule has 2 rings (SSSR count). The summed E-state index contributed by atoms with van der Waals surface area (Å²) in [5, 5.41) is 2.09. The fourth-order valence-corrected chi connectivity index (χ4v) is 3.43. The minimum absolute atomic E-state index is 0.0322. The Morgan fingerprint density at radius 2 is 2.10 bits per heavy atom. The Morgan fingerprint density at radius 1 is 1.45 bits per heavy atom. The van der Waals surface area contributed by atoms with E-state index in [0.29, 0.717) is 12.3 Å². The van der Waals surface area contributed by atoms with Gasteiger partial charge in [-0.05, 0) is 18.1 Å². The van der Waals surface area contributed by atoms with Crippen LogP contribution in [0.5, 0.6) is 0 Å². The molecular formula is C14H22N2O2SSi. The summed E-state index contributed by atoms with van der Waals surface area (Å²) in [6.45, 7) is 13.0. The van der Waals surface area contributed by atoms with Gasteiger partial charge in [0.15, 0.2) is 19.1 Å². The number of aromatic nitrogens is 2. The van der Waals surface area contributed by atoms with Gasteiger partial charge in [0.1, 0.15) is 5.69 Å². The zero-order valence-corrected chi connectivity index (χ0v) is 14.8. The van der Waals surface area contributed by atoms with Gasteiger partial charge in [0.05, 0.1) is 12.3 Å². The van der Waals surface area contributed by atoms with E-state index < -0.39 is 8.32 Å². The lowest BCUT2D eigenvalue weighted by Crippen LogP contribution is -2.40. The summed E-state index contributed by atoms with van der Waals surface area (Å²) in [7, 11) is -1.83. The molecule has 0 bridgehead atoms. The molecule has 0 N–H and O–H groups in total. The van der Waals surface area contributed by atoms with Gasteiger partial charge < -0.3 is 4.43 Å². The van der Waals surface area contributed by atoms with E-state index in [9.17, 15) is 4.79 Å². The van der Waals surface area contributed by atoms with Crippen molar-refractivity contribution in [1.82, 2.24) is 9.38 Å². The molecule has 2 aromatic heterocycles. The maximum atomic E-state index is 11.9. The first kappa shape index (κ1) is 15.4. The average molecular weight is 310 g/mol. The van der Waals surface area contributed by atoms with E-state index in [1.807, 2.05) is 16.0 Å². The van der Waals surface area contributed by atoms with Crippen molar-refractivity contribution in [2.75, 3.05) is 0 Å². The van der Waals surface area contributed by atoms with Crippen LogP contribution < -0.4 is 0 Å². The molecule has 0 fully saturated rings. The smallest absolute Gasteiger partial charge is 0.194 e. The molecule has 0 spiro atoms. The van der Waals surface area contributed by atoms with E-state index in [1.54, 1.807) is 6.92 Å². The van der Waals surface area contributed by atoms with E-state index in [1.165, 1.54) is 11.3 Å². The quantitative estimate of drug-likeness (QED) is 0.630. The largest absolute Gasteiger partial charge is 0.411 e. The molecule has 0 aliphatic heterocycles. The van der Waals surface area contributed by atoms with E-state index >= 15 is 0 Å². The van der Waals surface area contributed by atoms with Crippen LogP contribution >= 0.6 is 11.3 Å². The minimum Gasteiger partial charge on any atom is -0.411 e. The van der Waals surface area contributed by atoms with Crippen molar-refractivity contribution in [2.45, 2.75) is 52.4 Å². The van der Waals surface area contributed by atoms with Gasteiger partial charge in [0, 0.05) is 18.5 Å². The van der Waals surface area contributed by atoms with Gasteiger partial charge in [0.25, 0.3) is 0 Å². The molecule has 0 unspecified atom stereocenters. The highest BCUT2D eigenvalue weighted by atomic mass is 32.1. The van der Waals surface area contributed by atoms with Crippen molar-refractivity contribution in [3.05, 3.63) is 23.0 Å². The maximum absolute atomic E-state index is 11.9. The Balaban J connectivity index is 2.28. The number of fused-ring (bicyclic) bond motifs is 1. The summed E-state index contributed by atoms with van der Waals surface area (Å²) in [4.78, 5) is 17.2. The lowest BCUT2D eigenvalue weighted by molar-refractivity contribution is 0.100. The fraction of sp³-hybridized carbons (Fsp3) is 0.571. The molecule has 0 radical (unpaired) electrons.